The maximum absolute atomic E-state index is 5.81. The molecule has 0 aliphatic heterocycles. The Hall–Kier alpha value is -3.25. The minimum Gasteiger partial charge on any atom is -0.439 e. The van der Waals surface area contributed by atoms with Crippen LogP contribution in [0.25, 0.3) is 10.4 Å². The summed E-state index contributed by atoms with van der Waals surface area (Å²) < 4.78 is 5.81. The first-order chi connectivity index (χ1) is 12.9. The Labute approximate surface area is 155 Å². The predicted molar refractivity (Wildman–Crippen MR) is 103 cm³/mol. The average molecular weight is 360 g/mol. The number of benzene rings is 1. The van der Waals surface area contributed by atoms with Crippen molar-refractivity contribution in [2.75, 3.05) is 5.32 Å². The molecule has 0 amide bonds. The number of nitrogens with zero attached hydrogens (tertiary/aromatic N) is 3. The molecule has 0 aliphatic carbocycles. The van der Waals surface area contributed by atoms with E-state index in [9.17, 15) is 0 Å². The van der Waals surface area contributed by atoms with Crippen LogP contribution in [0.1, 0.15) is 5.56 Å². The Morgan fingerprint density at radius 2 is 1.85 bits per heavy atom. The van der Waals surface area contributed by atoms with Crippen molar-refractivity contribution in [1.82, 2.24) is 15.0 Å². The van der Waals surface area contributed by atoms with Gasteiger partial charge in [-0.1, -0.05) is 6.07 Å². The van der Waals surface area contributed by atoms with Crippen LogP contribution in [0.3, 0.4) is 0 Å². The van der Waals surface area contributed by atoms with Crippen molar-refractivity contribution >= 4 is 17.0 Å². The smallest absolute Gasteiger partial charge is 0.219 e. The van der Waals surface area contributed by atoms with E-state index in [1.54, 1.807) is 23.7 Å². The normalized spacial score (nSPS) is 10.5. The van der Waals surface area contributed by atoms with E-state index in [0.717, 1.165) is 27.4 Å². The molecule has 1 N–H and O–H groups in total. The van der Waals surface area contributed by atoms with Crippen LogP contribution < -0.4 is 10.1 Å². The highest BCUT2D eigenvalue weighted by Gasteiger charge is 2.03. The monoisotopic (exact) mass is 360 g/mol. The van der Waals surface area contributed by atoms with Crippen LogP contribution in [0.5, 0.6) is 11.6 Å². The third kappa shape index (κ3) is 4.04. The zero-order valence-electron chi connectivity index (χ0n) is 13.9. The molecule has 0 atom stereocenters. The van der Waals surface area contributed by atoms with Crippen molar-refractivity contribution in [3.05, 3.63) is 84.4 Å². The Kier molecular flexibility index (Phi) is 4.84. The Morgan fingerprint density at radius 3 is 2.54 bits per heavy atom. The molecule has 4 aromatic rings. The van der Waals surface area contributed by atoms with Gasteiger partial charge in [0.15, 0.2) is 0 Å². The van der Waals surface area contributed by atoms with E-state index in [4.69, 9.17) is 4.74 Å². The average Bonchev–Trinajstić information content (AvgIpc) is 3.24. The van der Waals surface area contributed by atoms with Gasteiger partial charge < -0.3 is 10.1 Å². The van der Waals surface area contributed by atoms with E-state index in [-0.39, 0.29) is 0 Å². The first kappa shape index (κ1) is 16.2. The molecule has 4 rings (SSSR count). The standard InChI is InChI=1S/C20H16N4OS/c1-2-15(10-21-9-1)11-23-17-5-8-20(24-12-17)25-18-6-3-16(4-7-18)19-13-22-14-26-19/h1-10,12-14,23H,11H2. The van der Waals surface area contributed by atoms with Gasteiger partial charge in [-0.3, -0.25) is 9.97 Å². The molecule has 3 heterocycles. The topological polar surface area (TPSA) is 59.9 Å². The molecule has 128 valence electrons. The van der Waals surface area contributed by atoms with Gasteiger partial charge in [0.25, 0.3) is 0 Å². The lowest BCUT2D eigenvalue weighted by Gasteiger charge is -2.08. The van der Waals surface area contributed by atoms with Crippen molar-refractivity contribution in [3.8, 4) is 22.1 Å². The van der Waals surface area contributed by atoms with Crippen LogP contribution in [-0.4, -0.2) is 15.0 Å². The molecule has 0 saturated heterocycles. The summed E-state index contributed by atoms with van der Waals surface area (Å²) in [5.41, 5.74) is 5.01. The number of anilines is 1. The van der Waals surface area contributed by atoms with Crippen LogP contribution >= 0.6 is 11.3 Å². The molecule has 0 spiro atoms. The fraction of sp³-hybridized carbons (Fsp3) is 0.0500. The largest absolute Gasteiger partial charge is 0.439 e. The summed E-state index contributed by atoms with van der Waals surface area (Å²) >= 11 is 1.62. The summed E-state index contributed by atoms with van der Waals surface area (Å²) in [5.74, 6) is 1.31. The van der Waals surface area contributed by atoms with Crippen LogP contribution in [0.2, 0.25) is 0 Å². The summed E-state index contributed by atoms with van der Waals surface area (Å²) in [6.45, 7) is 0.703. The van der Waals surface area contributed by atoms with Crippen molar-refractivity contribution in [3.63, 3.8) is 0 Å². The van der Waals surface area contributed by atoms with Gasteiger partial charge in [0.1, 0.15) is 5.75 Å². The molecular formula is C20H16N4OS. The molecule has 0 unspecified atom stereocenters. The lowest BCUT2D eigenvalue weighted by molar-refractivity contribution is 0.463. The first-order valence-corrected chi connectivity index (χ1v) is 9.00. The summed E-state index contributed by atoms with van der Waals surface area (Å²) in [7, 11) is 0. The highest BCUT2D eigenvalue weighted by Crippen LogP contribution is 2.27. The molecule has 6 heteroatoms. The summed E-state index contributed by atoms with van der Waals surface area (Å²) in [6, 6.07) is 15.7. The second-order valence-electron chi connectivity index (χ2n) is 5.59. The number of pyridine rings is 2. The highest BCUT2D eigenvalue weighted by atomic mass is 32.1. The van der Waals surface area contributed by atoms with Gasteiger partial charge in [-0.15, -0.1) is 11.3 Å². The van der Waals surface area contributed by atoms with Gasteiger partial charge in [0, 0.05) is 31.2 Å². The van der Waals surface area contributed by atoms with Gasteiger partial charge in [0.05, 0.1) is 22.3 Å². The molecular weight excluding hydrogens is 344 g/mol. The fourth-order valence-electron chi connectivity index (χ4n) is 2.42. The van der Waals surface area contributed by atoms with Gasteiger partial charge >= 0.3 is 0 Å². The van der Waals surface area contributed by atoms with Gasteiger partial charge in [-0.05, 0) is 47.5 Å². The molecule has 0 radical (unpaired) electrons. The fourth-order valence-corrected chi connectivity index (χ4v) is 3.05. The third-order valence-corrected chi connectivity index (χ3v) is 4.57. The molecule has 0 aliphatic rings. The summed E-state index contributed by atoms with van der Waals surface area (Å²) in [5, 5.41) is 3.31. The molecule has 26 heavy (non-hydrogen) atoms. The summed E-state index contributed by atoms with van der Waals surface area (Å²) in [4.78, 5) is 13.7. The quantitative estimate of drug-likeness (QED) is 0.524. The minimum absolute atomic E-state index is 0.558. The lowest BCUT2D eigenvalue weighted by Crippen LogP contribution is -2.00. The zero-order chi connectivity index (χ0) is 17.6. The third-order valence-electron chi connectivity index (χ3n) is 3.75. The molecule has 0 saturated carbocycles. The highest BCUT2D eigenvalue weighted by molar-refractivity contribution is 7.13. The van der Waals surface area contributed by atoms with Crippen molar-refractivity contribution in [2.24, 2.45) is 0 Å². The first-order valence-electron chi connectivity index (χ1n) is 8.12. The number of nitrogens with one attached hydrogen (secondary N) is 1. The molecule has 0 bridgehead atoms. The van der Waals surface area contributed by atoms with E-state index in [1.807, 2.05) is 66.4 Å². The number of rotatable bonds is 6. The second-order valence-corrected chi connectivity index (χ2v) is 6.48. The van der Waals surface area contributed by atoms with Crippen molar-refractivity contribution < 1.29 is 4.74 Å². The SMILES string of the molecule is c1cncc(CNc2ccc(Oc3ccc(-c4cncs4)cc3)nc2)c1. The number of thiazole rings is 1. The minimum atomic E-state index is 0.558. The van der Waals surface area contributed by atoms with E-state index in [1.165, 1.54) is 0 Å². The number of hydrogen-bond donors (Lipinski definition) is 1. The van der Waals surface area contributed by atoms with Crippen LogP contribution in [0, 0.1) is 0 Å². The maximum atomic E-state index is 5.81. The molecule has 3 aromatic heterocycles. The van der Waals surface area contributed by atoms with Crippen molar-refractivity contribution in [1.29, 1.82) is 0 Å². The number of aromatic nitrogens is 3. The number of hydrogen-bond acceptors (Lipinski definition) is 6. The van der Waals surface area contributed by atoms with E-state index in [2.05, 4.69) is 20.3 Å². The summed E-state index contributed by atoms with van der Waals surface area (Å²) in [6.07, 6.45) is 7.23. The van der Waals surface area contributed by atoms with E-state index < -0.39 is 0 Å². The Bertz CT molecular complexity index is 940. The number of ether oxygens (including phenoxy) is 1. The van der Waals surface area contributed by atoms with Gasteiger partial charge in [0.2, 0.25) is 5.88 Å². The Balaban J connectivity index is 1.36. The molecule has 0 fully saturated rings. The predicted octanol–water partition coefficient (Wildman–Crippen LogP) is 5.00. The van der Waals surface area contributed by atoms with E-state index >= 15 is 0 Å². The van der Waals surface area contributed by atoms with Crippen molar-refractivity contribution in [2.45, 2.75) is 6.54 Å². The van der Waals surface area contributed by atoms with Crippen LogP contribution in [0.15, 0.2) is 78.8 Å². The van der Waals surface area contributed by atoms with Gasteiger partial charge in [-0.2, -0.15) is 0 Å². The van der Waals surface area contributed by atoms with E-state index in [0.29, 0.717) is 12.4 Å². The lowest BCUT2D eigenvalue weighted by atomic mass is 10.2. The van der Waals surface area contributed by atoms with Crippen LogP contribution in [-0.2, 0) is 6.54 Å². The molecule has 1 aromatic carbocycles. The van der Waals surface area contributed by atoms with Crippen LogP contribution in [0.4, 0.5) is 5.69 Å². The zero-order valence-corrected chi connectivity index (χ0v) is 14.7. The second kappa shape index (κ2) is 7.76. The molecule has 5 nitrogen and oxygen atoms in total. The Morgan fingerprint density at radius 1 is 0.923 bits per heavy atom. The maximum Gasteiger partial charge on any atom is 0.219 e. The van der Waals surface area contributed by atoms with Gasteiger partial charge in [-0.25, -0.2) is 4.98 Å².